The third kappa shape index (κ3) is 4.29. The Morgan fingerprint density at radius 1 is 1.22 bits per heavy atom. The molecular formula is C23H26ClN3O3S2. The van der Waals surface area contributed by atoms with Crippen molar-refractivity contribution in [1.29, 1.82) is 0 Å². The Kier molecular flexibility index (Phi) is 6.58. The van der Waals surface area contributed by atoms with Crippen molar-refractivity contribution in [3.05, 3.63) is 57.3 Å². The fourth-order valence-electron chi connectivity index (χ4n) is 4.24. The summed E-state index contributed by atoms with van der Waals surface area (Å²) in [6.45, 7) is 7.13. The van der Waals surface area contributed by atoms with Crippen LogP contribution in [0, 0.1) is 6.92 Å². The standard InChI is InChI=1S/C23H26ClN3O3S2/c1-4-26-21-15(2)13-18(24)14-20(21)31-23(26)25-22(28)17-8-10-19(11-9-17)32(29,30)27-12-6-5-7-16(27)3/h8-11,13-14,16H,4-7,12H2,1-3H3. The van der Waals surface area contributed by atoms with Crippen molar-refractivity contribution in [2.75, 3.05) is 6.54 Å². The van der Waals surface area contributed by atoms with Gasteiger partial charge >= 0.3 is 0 Å². The van der Waals surface area contributed by atoms with Gasteiger partial charge in [-0.2, -0.15) is 9.30 Å². The molecule has 1 saturated heterocycles. The molecule has 32 heavy (non-hydrogen) atoms. The zero-order chi connectivity index (χ0) is 23.0. The second-order valence-corrected chi connectivity index (χ2v) is 11.4. The number of aryl methyl sites for hydroxylation is 2. The second kappa shape index (κ2) is 9.09. The molecule has 1 aliphatic rings. The average molecular weight is 492 g/mol. The number of piperidine rings is 1. The molecule has 1 aromatic heterocycles. The van der Waals surface area contributed by atoms with Gasteiger partial charge in [-0.1, -0.05) is 29.4 Å². The van der Waals surface area contributed by atoms with Crippen LogP contribution in [0.15, 0.2) is 46.3 Å². The molecule has 0 bridgehead atoms. The number of nitrogens with zero attached hydrogens (tertiary/aromatic N) is 3. The van der Waals surface area contributed by atoms with Gasteiger partial charge in [0.25, 0.3) is 5.91 Å². The van der Waals surface area contributed by atoms with Crippen LogP contribution in [0.25, 0.3) is 10.2 Å². The predicted octanol–water partition coefficient (Wildman–Crippen LogP) is 4.99. The molecule has 0 spiro atoms. The van der Waals surface area contributed by atoms with Crippen LogP contribution in [0.2, 0.25) is 5.02 Å². The number of sulfonamides is 1. The molecule has 0 N–H and O–H groups in total. The largest absolute Gasteiger partial charge is 0.316 e. The van der Waals surface area contributed by atoms with Crippen molar-refractivity contribution in [1.82, 2.24) is 8.87 Å². The lowest BCUT2D eigenvalue weighted by Crippen LogP contribution is -2.41. The zero-order valence-electron chi connectivity index (χ0n) is 18.3. The monoisotopic (exact) mass is 491 g/mol. The quantitative estimate of drug-likeness (QED) is 0.516. The van der Waals surface area contributed by atoms with E-state index in [1.807, 2.05) is 37.5 Å². The summed E-state index contributed by atoms with van der Waals surface area (Å²) < 4.78 is 30.6. The first-order valence-corrected chi connectivity index (χ1v) is 13.4. The highest BCUT2D eigenvalue weighted by atomic mass is 35.5. The van der Waals surface area contributed by atoms with Crippen LogP contribution in [0.3, 0.4) is 0 Å². The normalized spacial score (nSPS) is 18.4. The topological polar surface area (TPSA) is 71.7 Å². The molecule has 1 amide bonds. The van der Waals surface area contributed by atoms with Gasteiger partial charge < -0.3 is 4.57 Å². The highest BCUT2D eigenvalue weighted by molar-refractivity contribution is 7.89. The summed E-state index contributed by atoms with van der Waals surface area (Å²) in [7, 11) is -3.57. The lowest BCUT2D eigenvalue weighted by atomic mass is 10.1. The molecule has 0 aliphatic carbocycles. The maximum absolute atomic E-state index is 13.0. The number of halogens is 1. The molecule has 170 valence electrons. The maximum atomic E-state index is 13.0. The van der Waals surface area contributed by atoms with Gasteiger partial charge in [0, 0.05) is 29.7 Å². The van der Waals surface area contributed by atoms with Gasteiger partial charge in [0.1, 0.15) is 0 Å². The van der Waals surface area contributed by atoms with Gasteiger partial charge in [0.15, 0.2) is 4.80 Å². The molecule has 6 nitrogen and oxygen atoms in total. The number of carbonyl (C=O) groups excluding carboxylic acids is 1. The number of benzene rings is 2. The molecule has 0 saturated carbocycles. The van der Waals surface area contributed by atoms with Crippen molar-refractivity contribution in [3.63, 3.8) is 0 Å². The zero-order valence-corrected chi connectivity index (χ0v) is 20.7. The highest BCUT2D eigenvalue weighted by Gasteiger charge is 2.30. The minimum absolute atomic E-state index is 0.0144. The summed E-state index contributed by atoms with van der Waals surface area (Å²) >= 11 is 7.61. The average Bonchev–Trinajstić information content (AvgIpc) is 3.11. The summed E-state index contributed by atoms with van der Waals surface area (Å²) in [6.07, 6.45) is 2.78. The molecular weight excluding hydrogens is 466 g/mol. The number of fused-ring (bicyclic) bond motifs is 1. The third-order valence-electron chi connectivity index (χ3n) is 5.90. The number of aromatic nitrogens is 1. The van der Waals surface area contributed by atoms with Crippen LogP contribution >= 0.6 is 22.9 Å². The lowest BCUT2D eigenvalue weighted by molar-refractivity contribution is 0.0997. The Labute approximate surface area is 197 Å². The lowest BCUT2D eigenvalue weighted by Gasteiger charge is -2.32. The molecule has 4 rings (SSSR count). The molecule has 1 fully saturated rings. The minimum Gasteiger partial charge on any atom is -0.316 e. The van der Waals surface area contributed by atoms with Crippen LogP contribution in [0.1, 0.15) is 49.0 Å². The first kappa shape index (κ1) is 23.2. The van der Waals surface area contributed by atoms with Crippen LogP contribution in [0.5, 0.6) is 0 Å². The smallest absolute Gasteiger partial charge is 0.279 e. The number of amides is 1. The first-order valence-electron chi connectivity index (χ1n) is 10.7. The van der Waals surface area contributed by atoms with E-state index in [9.17, 15) is 13.2 Å². The molecule has 9 heteroatoms. The van der Waals surface area contributed by atoms with Crippen LogP contribution in [-0.4, -0.2) is 35.8 Å². The number of carbonyl (C=O) groups is 1. The maximum Gasteiger partial charge on any atom is 0.279 e. The summed E-state index contributed by atoms with van der Waals surface area (Å²) in [5, 5.41) is 0.650. The van der Waals surface area contributed by atoms with Crippen molar-refractivity contribution in [3.8, 4) is 0 Å². The van der Waals surface area contributed by atoms with Gasteiger partial charge in [0.05, 0.1) is 15.1 Å². The molecule has 1 unspecified atom stereocenters. The molecule has 2 heterocycles. The Morgan fingerprint density at radius 2 is 1.94 bits per heavy atom. The first-order chi connectivity index (χ1) is 15.2. The third-order valence-corrected chi connectivity index (χ3v) is 9.17. The van der Waals surface area contributed by atoms with Crippen molar-refractivity contribution in [2.45, 2.75) is 57.5 Å². The van der Waals surface area contributed by atoms with Crippen LogP contribution in [-0.2, 0) is 16.6 Å². The molecule has 0 radical (unpaired) electrons. The van der Waals surface area contributed by atoms with Gasteiger partial charge in [-0.05, 0) is 75.6 Å². The van der Waals surface area contributed by atoms with Crippen molar-refractivity contribution in [2.24, 2.45) is 4.99 Å². The SMILES string of the molecule is CCn1c(=NC(=O)c2ccc(S(=O)(=O)N3CCCCC3C)cc2)sc2cc(Cl)cc(C)c21. The van der Waals surface area contributed by atoms with Gasteiger partial charge in [0.2, 0.25) is 10.0 Å². The predicted molar refractivity (Wildman–Crippen MR) is 129 cm³/mol. The van der Waals surface area contributed by atoms with Gasteiger partial charge in [-0.25, -0.2) is 8.42 Å². The van der Waals surface area contributed by atoms with Crippen molar-refractivity contribution < 1.29 is 13.2 Å². The van der Waals surface area contributed by atoms with Crippen LogP contribution < -0.4 is 4.80 Å². The van der Waals surface area contributed by atoms with E-state index in [4.69, 9.17) is 11.6 Å². The van der Waals surface area contributed by atoms with E-state index in [0.717, 1.165) is 35.0 Å². The summed E-state index contributed by atoms with van der Waals surface area (Å²) in [5.41, 5.74) is 2.40. The molecule has 1 atom stereocenters. The molecule has 3 aromatic rings. The summed E-state index contributed by atoms with van der Waals surface area (Å²) in [4.78, 5) is 18.0. The minimum atomic E-state index is -3.57. The Balaban J connectivity index is 1.67. The van der Waals surface area contributed by atoms with E-state index in [1.54, 1.807) is 16.4 Å². The fraction of sp³-hybridized carbons (Fsp3) is 0.391. The van der Waals surface area contributed by atoms with E-state index in [2.05, 4.69) is 4.99 Å². The number of hydrogen-bond acceptors (Lipinski definition) is 4. The number of rotatable bonds is 4. The van der Waals surface area contributed by atoms with E-state index >= 15 is 0 Å². The van der Waals surface area contributed by atoms with Gasteiger partial charge in [-0.15, -0.1) is 0 Å². The Morgan fingerprint density at radius 3 is 2.59 bits per heavy atom. The van der Waals surface area contributed by atoms with E-state index in [0.29, 0.717) is 28.5 Å². The number of thiazole rings is 1. The van der Waals surface area contributed by atoms with E-state index < -0.39 is 15.9 Å². The summed E-state index contributed by atoms with van der Waals surface area (Å²) in [6, 6.07) is 9.85. The number of hydrogen-bond donors (Lipinski definition) is 0. The van der Waals surface area contributed by atoms with E-state index in [1.165, 1.54) is 23.5 Å². The second-order valence-electron chi connectivity index (χ2n) is 8.10. The fourth-order valence-corrected chi connectivity index (χ4v) is 7.49. The summed E-state index contributed by atoms with van der Waals surface area (Å²) in [5.74, 6) is -0.405. The Hall–Kier alpha value is -2.00. The molecule has 1 aliphatic heterocycles. The van der Waals surface area contributed by atoms with E-state index in [-0.39, 0.29) is 10.9 Å². The van der Waals surface area contributed by atoms with Gasteiger partial charge in [-0.3, -0.25) is 4.79 Å². The van der Waals surface area contributed by atoms with Crippen LogP contribution in [0.4, 0.5) is 0 Å². The Bertz CT molecular complexity index is 1340. The van der Waals surface area contributed by atoms with Crippen molar-refractivity contribution >= 4 is 49.1 Å². The molecule has 2 aromatic carbocycles. The highest BCUT2D eigenvalue weighted by Crippen LogP contribution is 2.27.